The average Bonchev–Trinajstić information content (AvgIpc) is 2.74. The Bertz CT molecular complexity index is 376. The van der Waals surface area contributed by atoms with Gasteiger partial charge in [0.2, 0.25) is 0 Å². The molecule has 0 amide bonds. The molecule has 1 heterocycles. The number of fused-ring (bicyclic) bond motifs is 1. The van der Waals surface area contributed by atoms with Gasteiger partial charge in [-0.15, -0.1) is 0 Å². The minimum absolute atomic E-state index is 0.214. The average molecular weight is 247 g/mol. The summed E-state index contributed by atoms with van der Waals surface area (Å²) in [4.78, 5) is 0. The molecule has 3 rings (SSSR count). The fraction of sp³-hybridized carbons (Fsp3) is 0.600. The molecule has 1 atom stereocenters. The van der Waals surface area contributed by atoms with Gasteiger partial charge >= 0.3 is 0 Å². The van der Waals surface area contributed by atoms with Crippen molar-refractivity contribution < 1.29 is 9.47 Å². The van der Waals surface area contributed by atoms with Gasteiger partial charge in [0.25, 0.3) is 0 Å². The van der Waals surface area contributed by atoms with Crippen LogP contribution in [0.2, 0.25) is 0 Å². The molecule has 0 radical (unpaired) electrons. The standard InChI is InChI=1S/C15H21NO2/c1-16-9-11-6-13(7-11)17-10-14-8-12-4-2-3-5-15(12)18-14/h2-5,11,13-14,16H,6-10H2,1H3. The predicted molar refractivity (Wildman–Crippen MR) is 71.0 cm³/mol. The summed E-state index contributed by atoms with van der Waals surface area (Å²) in [6, 6.07) is 8.28. The van der Waals surface area contributed by atoms with Crippen LogP contribution < -0.4 is 10.1 Å². The minimum atomic E-state index is 0.214. The summed E-state index contributed by atoms with van der Waals surface area (Å²) in [5, 5.41) is 3.22. The van der Waals surface area contributed by atoms with Crippen molar-refractivity contribution in [2.24, 2.45) is 5.92 Å². The summed E-state index contributed by atoms with van der Waals surface area (Å²) >= 11 is 0. The van der Waals surface area contributed by atoms with Crippen LogP contribution in [0.5, 0.6) is 5.75 Å². The molecule has 1 aromatic rings. The van der Waals surface area contributed by atoms with Crippen LogP contribution in [0, 0.1) is 5.92 Å². The Morgan fingerprint density at radius 1 is 1.33 bits per heavy atom. The van der Waals surface area contributed by atoms with Gasteiger partial charge in [-0.05, 0) is 44.0 Å². The molecule has 1 fully saturated rings. The quantitative estimate of drug-likeness (QED) is 0.863. The van der Waals surface area contributed by atoms with E-state index in [1.165, 1.54) is 18.4 Å². The predicted octanol–water partition coefficient (Wildman–Crippen LogP) is 2.00. The van der Waals surface area contributed by atoms with Gasteiger partial charge in [-0.1, -0.05) is 18.2 Å². The van der Waals surface area contributed by atoms with E-state index < -0.39 is 0 Å². The van der Waals surface area contributed by atoms with Crippen LogP contribution in [0.25, 0.3) is 0 Å². The van der Waals surface area contributed by atoms with Crippen molar-refractivity contribution in [2.45, 2.75) is 31.5 Å². The topological polar surface area (TPSA) is 30.5 Å². The molecule has 18 heavy (non-hydrogen) atoms. The van der Waals surface area contributed by atoms with Crippen LogP contribution in [-0.2, 0) is 11.2 Å². The number of rotatable bonds is 5. The molecular weight excluding hydrogens is 226 g/mol. The summed E-state index contributed by atoms with van der Waals surface area (Å²) < 4.78 is 11.8. The lowest BCUT2D eigenvalue weighted by molar-refractivity contribution is -0.0544. The Labute approximate surface area is 108 Å². The molecule has 3 nitrogen and oxygen atoms in total. The van der Waals surface area contributed by atoms with Gasteiger partial charge in [0.15, 0.2) is 0 Å². The first-order valence-electron chi connectivity index (χ1n) is 6.86. The van der Waals surface area contributed by atoms with Crippen molar-refractivity contribution in [3.8, 4) is 5.75 Å². The van der Waals surface area contributed by atoms with Crippen LogP contribution in [0.1, 0.15) is 18.4 Å². The number of nitrogens with one attached hydrogen (secondary N) is 1. The molecular formula is C15H21NO2. The zero-order valence-electron chi connectivity index (χ0n) is 10.9. The number of ether oxygens (including phenoxy) is 2. The lowest BCUT2D eigenvalue weighted by Gasteiger charge is -2.35. The molecule has 1 aliphatic carbocycles. The summed E-state index contributed by atoms with van der Waals surface area (Å²) in [7, 11) is 2.01. The maximum Gasteiger partial charge on any atom is 0.126 e. The van der Waals surface area contributed by atoms with Crippen LogP contribution in [0.15, 0.2) is 24.3 Å². The van der Waals surface area contributed by atoms with Gasteiger partial charge in [0, 0.05) is 6.42 Å². The van der Waals surface area contributed by atoms with E-state index in [9.17, 15) is 0 Å². The summed E-state index contributed by atoms with van der Waals surface area (Å²) in [5.41, 5.74) is 1.31. The molecule has 3 heteroatoms. The van der Waals surface area contributed by atoms with Gasteiger partial charge in [0.1, 0.15) is 11.9 Å². The van der Waals surface area contributed by atoms with Gasteiger partial charge in [-0.25, -0.2) is 0 Å². The lowest BCUT2D eigenvalue weighted by Crippen LogP contribution is -2.38. The van der Waals surface area contributed by atoms with Crippen LogP contribution in [-0.4, -0.2) is 32.4 Å². The van der Waals surface area contributed by atoms with Crippen molar-refractivity contribution >= 4 is 0 Å². The van der Waals surface area contributed by atoms with Gasteiger partial charge in [0.05, 0.1) is 12.7 Å². The van der Waals surface area contributed by atoms with Crippen molar-refractivity contribution in [3.05, 3.63) is 29.8 Å². The smallest absolute Gasteiger partial charge is 0.126 e. The van der Waals surface area contributed by atoms with E-state index >= 15 is 0 Å². The first-order chi connectivity index (χ1) is 8.85. The van der Waals surface area contributed by atoms with Gasteiger partial charge < -0.3 is 14.8 Å². The molecule has 1 saturated carbocycles. The largest absolute Gasteiger partial charge is 0.487 e. The van der Waals surface area contributed by atoms with Crippen LogP contribution in [0.4, 0.5) is 0 Å². The normalized spacial score (nSPS) is 29.5. The van der Waals surface area contributed by atoms with E-state index in [1.807, 2.05) is 19.2 Å². The molecule has 0 spiro atoms. The zero-order valence-corrected chi connectivity index (χ0v) is 10.9. The highest BCUT2D eigenvalue weighted by atomic mass is 16.5. The molecule has 1 aliphatic heterocycles. The SMILES string of the molecule is CNCC1CC(OCC2Cc3ccccc3O2)C1. The van der Waals surface area contributed by atoms with Crippen LogP contribution >= 0.6 is 0 Å². The van der Waals surface area contributed by atoms with E-state index in [1.54, 1.807) is 0 Å². The van der Waals surface area contributed by atoms with E-state index in [4.69, 9.17) is 9.47 Å². The van der Waals surface area contributed by atoms with Gasteiger partial charge in [-0.3, -0.25) is 0 Å². The fourth-order valence-corrected chi connectivity index (χ4v) is 2.86. The van der Waals surface area contributed by atoms with E-state index in [2.05, 4.69) is 17.4 Å². The van der Waals surface area contributed by atoms with E-state index in [0.29, 0.717) is 6.10 Å². The van der Waals surface area contributed by atoms with Crippen molar-refractivity contribution in [3.63, 3.8) is 0 Å². The third-order valence-electron chi connectivity index (χ3n) is 3.92. The summed E-state index contributed by atoms with van der Waals surface area (Å²) in [6.45, 7) is 1.84. The summed E-state index contributed by atoms with van der Waals surface area (Å²) in [5.74, 6) is 1.84. The molecule has 2 aliphatic rings. The maximum atomic E-state index is 5.92. The first kappa shape index (κ1) is 12.0. The van der Waals surface area contributed by atoms with E-state index in [0.717, 1.165) is 31.2 Å². The summed E-state index contributed by atoms with van der Waals surface area (Å²) in [6.07, 6.45) is 4.05. The third kappa shape index (κ3) is 2.52. The second kappa shape index (κ2) is 5.29. The van der Waals surface area contributed by atoms with Crippen molar-refractivity contribution in [2.75, 3.05) is 20.2 Å². The van der Waals surface area contributed by atoms with Crippen LogP contribution in [0.3, 0.4) is 0 Å². The molecule has 98 valence electrons. The minimum Gasteiger partial charge on any atom is -0.487 e. The number of benzene rings is 1. The maximum absolute atomic E-state index is 5.92. The Morgan fingerprint density at radius 2 is 2.17 bits per heavy atom. The van der Waals surface area contributed by atoms with Crippen molar-refractivity contribution in [1.82, 2.24) is 5.32 Å². The Kier molecular flexibility index (Phi) is 3.52. The molecule has 0 aromatic heterocycles. The van der Waals surface area contributed by atoms with E-state index in [-0.39, 0.29) is 6.10 Å². The van der Waals surface area contributed by atoms with Crippen molar-refractivity contribution in [1.29, 1.82) is 0 Å². The lowest BCUT2D eigenvalue weighted by atomic mass is 9.82. The number of hydrogen-bond acceptors (Lipinski definition) is 3. The Hall–Kier alpha value is -1.06. The first-order valence-corrected chi connectivity index (χ1v) is 6.86. The second-order valence-corrected chi connectivity index (χ2v) is 5.40. The molecule has 0 saturated heterocycles. The fourth-order valence-electron chi connectivity index (χ4n) is 2.86. The molecule has 0 bridgehead atoms. The Balaban J connectivity index is 1.39. The van der Waals surface area contributed by atoms with Gasteiger partial charge in [-0.2, -0.15) is 0 Å². The molecule has 1 N–H and O–H groups in total. The highest BCUT2D eigenvalue weighted by molar-refractivity contribution is 5.37. The Morgan fingerprint density at radius 3 is 2.94 bits per heavy atom. The zero-order chi connectivity index (χ0) is 12.4. The highest BCUT2D eigenvalue weighted by Crippen LogP contribution is 2.32. The molecule has 1 aromatic carbocycles. The third-order valence-corrected chi connectivity index (χ3v) is 3.92. The number of para-hydroxylation sites is 1. The second-order valence-electron chi connectivity index (χ2n) is 5.40. The number of hydrogen-bond donors (Lipinski definition) is 1. The molecule has 1 unspecified atom stereocenters. The monoisotopic (exact) mass is 247 g/mol. The highest BCUT2D eigenvalue weighted by Gasteiger charge is 2.31.